The lowest BCUT2D eigenvalue weighted by Crippen LogP contribution is -2.38. The summed E-state index contributed by atoms with van der Waals surface area (Å²) in [6.07, 6.45) is 0.552. The van der Waals surface area contributed by atoms with Gasteiger partial charge in [0.2, 0.25) is 0 Å². The summed E-state index contributed by atoms with van der Waals surface area (Å²) in [7, 11) is -3.91. The summed E-state index contributed by atoms with van der Waals surface area (Å²) in [4.78, 5) is 0.0724. The zero-order valence-corrected chi connectivity index (χ0v) is 14.8. The summed E-state index contributed by atoms with van der Waals surface area (Å²) in [5, 5.41) is 10.4. The molecule has 25 heavy (non-hydrogen) atoms. The number of hydrogen-bond donors (Lipinski definition) is 1. The van der Waals surface area contributed by atoms with Crippen LogP contribution in [0.15, 0.2) is 29.2 Å². The van der Waals surface area contributed by atoms with Crippen molar-refractivity contribution in [3.8, 4) is 0 Å². The summed E-state index contributed by atoms with van der Waals surface area (Å²) in [6.45, 7) is 1.58. The van der Waals surface area contributed by atoms with Crippen molar-refractivity contribution in [2.45, 2.75) is 67.9 Å². The Morgan fingerprint density at radius 1 is 1.20 bits per heavy atom. The second-order valence-corrected chi connectivity index (χ2v) is 8.52. The third-order valence-corrected chi connectivity index (χ3v) is 6.33. The number of aryl methyl sites for hydroxylation is 1. The molecule has 4 rings (SSSR count). The van der Waals surface area contributed by atoms with Crippen molar-refractivity contribution in [3.63, 3.8) is 0 Å². The number of rotatable bonds is 4. The Hall–Kier alpha value is -1.03. The van der Waals surface area contributed by atoms with Gasteiger partial charge in [0.25, 0.3) is 10.1 Å². The van der Waals surface area contributed by atoms with Gasteiger partial charge in [-0.25, -0.2) is 0 Å². The van der Waals surface area contributed by atoms with Gasteiger partial charge >= 0.3 is 0 Å². The first-order valence-electron chi connectivity index (χ1n) is 8.54. The van der Waals surface area contributed by atoms with Crippen LogP contribution in [0.4, 0.5) is 0 Å². The third-order valence-electron chi connectivity index (χ3n) is 5.04. The van der Waals surface area contributed by atoms with Gasteiger partial charge in [-0.15, -0.1) is 0 Å². The summed E-state index contributed by atoms with van der Waals surface area (Å²) >= 11 is 0. The van der Waals surface area contributed by atoms with Gasteiger partial charge in [0.05, 0.1) is 11.5 Å². The molecule has 8 heteroatoms. The van der Waals surface area contributed by atoms with Crippen LogP contribution in [-0.4, -0.2) is 50.5 Å². The van der Waals surface area contributed by atoms with Crippen LogP contribution in [0.25, 0.3) is 0 Å². The number of aliphatic hydroxyl groups excluding tert-OH is 1. The van der Waals surface area contributed by atoms with Crippen molar-refractivity contribution in [2.24, 2.45) is 0 Å². The number of fused-ring (bicyclic) bond motifs is 1. The minimum Gasteiger partial charge on any atom is -0.387 e. The average molecular weight is 370 g/mol. The SMILES string of the molecule is Cc1ccc(S(=O)(=O)OC[C@H]2OC3OC4(CCCC4)OC3C2O)cc1. The molecule has 1 spiro atoms. The molecule has 2 heterocycles. The number of hydrogen-bond acceptors (Lipinski definition) is 7. The second-order valence-electron chi connectivity index (χ2n) is 6.90. The van der Waals surface area contributed by atoms with E-state index in [1.165, 1.54) is 12.1 Å². The van der Waals surface area contributed by atoms with Gasteiger partial charge in [0.1, 0.15) is 18.3 Å². The van der Waals surface area contributed by atoms with Gasteiger partial charge in [0.15, 0.2) is 12.1 Å². The first kappa shape index (κ1) is 17.4. The minimum atomic E-state index is -3.91. The Labute approximate surface area is 147 Å². The van der Waals surface area contributed by atoms with Crippen LogP contribution in [0.2, 0.25) is 0 Å². The fourth-order valence-electron chi connectivity index (χ4n) is 3.63. The number of ether oxygens (including phenoxy) is 3. The molecular weight excluding hydrogens is 348 g/mol. The smallest absolute Gasteiger partial charge is 0.297 e. The molecule has 2 aliphatic heterocycles. The first-order valence-corrected chi connectivity index (χ1v) is 9.95. The van der Waals surface area contributed by atoms with Crippen molar-refractivity contribution < 1.29 is 31.9 Å². The van der Waals surface area contributed by atoms with Crippen LogP contribution in [0.5, 0.6) is 0 Å². The molecule has 138 valence electrons. The highest BCUT2D eigenvalue weighted by molar-refractivity contribution is 7.86. The maximum atomic E-state index is 12.2. The maximum Gasteiger partial charge on any atom is 0.297 e. The van der Waals surface area contributed by atoms with E-state index >= 15 is 0 Å². The van der Waals surface area contributed by atoms with Gasteiger partial charge in [-0.05, 0) is 31.9 Å². The van der Waals surface area contributed by atoms with Gasteiger partial charge in [0, 0.05) is 12.8 Å². The normalized spacial score (nSPS) is 33.8. The van der Waals surface area contributed by atoms with E-state index in [-0.39, 0.29) is 11.5 Å². The van der Waals surface area contributed by atoms with Gasteiger partial charge < -0.3 is 19.3 Å². The van der Waals surface area contributed by atoms with E-state index < -0.39 is 40.5 Å². The van der Waals surface area contributed by atoms with Crippen LogP contribution in [0, 0.1) is 6.92 Å². The van der Waals surface area contributed by atoms with Gasteiger partial charge in [-0.1, -0.05) is 17.7 Å². The maximum absolute atomic E-state index is 12.2. The van der Waals surface area contributed by atoms with Crippen LogP contribution in [-0.2, 0) is 28.5 Å². The van der Waals surface area contributed by atoms with Gasteiger partial charge in [-0.2, -0.15) is 8.42 Å². The number of aliphatic hydroxyl groups is 1. The molecule has 7 nitrogen and oxygen atoms in total. The lowest BCUT2D eigenvalue weighted by Gasteiger charge is -2.25. The fraction of sp³-hybridized carbons (Fsp3) is 0.647. The van der Waals surface area contributed by atoms with Crippen LogP contribution in [0.1, 0.15) is 31.2 Å². The van der Waals surface area contributed by atoms with E-state index in [4.69, 9.17) is 18.4 Å². The van der Waals surface area contributed by atoms with Crippen molar-refractivity contribution in [1.29, 1.82) is 0 Å². The van der Waals surface area contributed by atoms with E-state index in [2.05, 4.69) is 0 Å². The van der Waals surface area contributed by atoms with E-state index in [9.17, 15) is 13.5 Å². The van der Waals surface area contributed by atoms with E-state index in [0.717, 1.165) is 31.2 Å². The minimum absolute atomic E-state index is 0.0724. The molecule has 1 aromatic carbocycles. The summed E-state index contributed by atoms with van der Waals surface area (Å²) in [5.74, 6) is -0.643. The molecule has 0 radical (unpaired) electrons. The standard InChI is InChI=1S/C17H22O7S/c1-11-4-6-12(7-5-11)25(19,20)21-10-13-14(18)15-16(22-13)24-17(23-15)8-2-3-9-17/h4-7,13-16,18H,2-3,8-10H2,1H3/t13-,14?,15?,16?/m1/s1. The lowest BCUT2D eigenvalue weighted by molar-refractivity contribution is -0.231. The predicted octanol–water partition coefficient (Wildman–Crippen LogP) is 1.47. The fourth-order valence-corrected chi connectivity index (χ4v) is 4.55. The zero-order valence-electron chi connectivity index (χ0n) is 14.0. The third kappa shape index (κ3) is 3.22. The molecule has 0 aromatic heterocycles. The largest absolute Gasteiger partial charge is 0.387 e. The first-order chi connectivity index (χ1) is 11.9. The molecule has 3 fully saturated rings. The molecule has 0 amide bonds. The Morgan fingerprint density at radius 2 is 1.88 bits per heavy atom. The Kier molecular flexibility index (Phi) is 4.38. The van der Waals surface area contributed by atoms with Crippen molar-refractivity contribution in [1.82, 2.24) is 0 Å². The quantitative estimate of drug-likeness (QED) is 0.803. The van der Waals surface area contributed by atoms with E-state index in [1.807, 2.05) is 6.92 Å². The molecule has 4 atom stereocenters. The Balaban J connectivity index is 1.38. The molecule has 2 saturated heterocycles. The Morgan fingerprint density at radius 3 is 2.52 bits per heavy atom. The second kappa shape index (κ2) is 6.29. The number of benzene rings is 1. The van der Waals surface area contributed by atoms with Crippen molar-refractivity contribution in [2.75, 3.05) is 6.61 Å². The molecule has 1 aliphatic carbocycles. The topological polar surface area (TPSA) is 91.3 Å². The molecule has 1 N–H and O–H groups in total. The highest BCUT2D eigenvalue weighted by Gasteiger charge is 2.58. The molecule has 0 bridgehead atoms. The summed E-state index contributed by atoms with van der Waals surface area (Å²) in [6, 6.07) is 6.37. The summed E-state index contributed by atoms with van der Waals surface area (Å²) in [5.41, 5.74) is 0.955. The lowest BCUT2D eigenvalue weighted by atomic mass is 10.1. The van der Waals surface area contributed by atoms with E-state index in [0.29, 0.717) is 0 Å². The zero-order chi connectivity index (χ0) is 17.7. The van der Waals surface area contributed by atoms with Crippen LogP contribution >= 0.6 is 0 Å². The highest BCUT2D eigenvalue weighted by Crippen LogP contribution is 2.46. The van der Waals surface area contributed by atoms with Crippen molar-refractivity contribution in [3.05, 3.63) is 29.8 Å². The molecule has 1 aromatic rings. The average Bonchev–Trinajstić information content (AvgIpc) is 3.25. The van der Waals surface area contributed by atoms with Crippen molar-refractivity contribution >= 4 is 10.1 Å². The molecule has 1 saturated carbocycles. The molecular formula is C17H22O7S. The van der Waals surface area contributed by atoms with Crippen LogP contribution < -0.4 is 0 Å². The monoisotopic (exact) mass is 370 g/mol. The van der Waals surface area contributed by atoms with E-state index in [1.54, 1.807) is 12.1 Å². The van der Waals surface area contributed by atoms with Crippen LogP contribution in [0.3, 0.4) is 0 Å². The molecule has 3 aliphatic rings. The predicted molar refractivity (Wildman–Crippen MR) is 86.1 cm³/mol. The summed E-state index contributed by atoms with van der Waals surface area (Å²) < 4.78 is 46.9. The Bertz CT molecular complexity index is 724. The van der Waals surface area contributed by atoms with Gasteiger partial charge in [-0.3, -0.25) is 4.18 Å². The molecule has 3 unspecified atom stereocenters. The highest BCUT2D eigenvalue weighted by atomic mass is 32.2.